The van der Waals surface area contributed by atoms with Crippen LogP contribution in [0, 0.1) is 0 Å². The van der Waals surface area contributed by atoms with Crippen LogP contribution in [0.2, 0.25) is 0 Å². The van der Waals surface area contributed by atoms with Crippen LogP contribution in [0.15, 0.2) is 24.3 Å². The lowest BCUT2D eigenvalue weighted by Crippen LogP contribution is -2.58. The predicted octanol–water partition coefficient (Wildman–Crippen LogP) is -0.796. The standard InChI is InChI=1S/C27H39N5O10/c1-16(33)28-14-21(24(38)30-15-22(36)29-13-19(35)12-23(37)41-5)31-25(39)20(32-26(40)42-27(2,3)4)11-8-17-6-9-18(34)10-7-17/h6-7,9-10,20-21,34H,8,11-15H2,1-5H3,(H,28,33)(H,29,36)(H,30,38)(H,31,39)(H,32,40). The van der Waals surface area contributed by atoms with Gasteiger partial charge >= 0.3 is 12.1 Å². The topological polar surface area (TPSA) is 218 Å². The molecule has 0 saturated carbocycles. The number of nitrogens with one attached hydrogen (secondary N) is 5. The number of carbonyl (C=O) groups excluding carboxylic acids is 7. The number of esters is 1. The molecule has 1 aromatic carbocycles. The van der Waals surface area contributed by atoms with E-state index in [0.717, 1.165) is 12.7 Å². The van der Waals surface area contributed by atoms with Crippen LogP contribution in [0.1, 0.15) is 46.1 Å². The number of aryl methyl sites for hydroxylation is 1. The quantitative estimate of drug-likeness (QED) is 0.110. The number of rotatable bonds is 15. The van der Waals surface area contributed by atoms with Gasteiger partial charge in [-0.25, -0.2) is 4.79 Å². The van der Waals surface area contributed by atoms with Crippen molar-refractivity contribution in [2.24, 2.45) is 0 Å². The summed E-state index contributed by atoms with van der Waals surface area (Å²) >= 11 is 0. The SMILES string of the molecule is COC(=O)CC(=O)CNC(=O)CNC(=O)C(CNC(C)=O)NC(=O)C(CCc1ccc(O)cc1)NC(=O)OC(C)(C)C. The number of aromatic hydroxyl groups is 1. The minimum absolute atomic E-state index is 0.0632. The van der Waals surface area contributed by atoms with Crippen LogP contribution in [0.3, 0.4) is 0 Å². The molecule has 0 bridgehead atoms. The molecule has 42 heavy (non-hydrogen) atoms. The molecule has 15 nitrogen and oxygen atoms in total. The molecular formula is C27H39N5O10. The number of phenols is 1. The molecule has 0 fully saturated rings. The van der Waals surface area contributed by atoms with E-state index in [4.69, 9.17) is 4.74 Å². The fourth-order valence-electron chi connectivity index (χ4n) is 3.27. The summed E-state index contributed by atoms with van der Waals surface area (Å²) in [5.74, 6) is -4.13. The van der Waals surface area contributed by atoms with Crippen LogP contribution in [-0.2, 0) is 44.7 Å². The largest absolute Gasteiger partial charge is 0.508 e. The molecule has 1 rings (SSSR count). The lowest BCUT2D eigenvalue weighted by atomic mass is 10.0. The zero-order valence-corrected chi connectivity index (χ0v) is 24.3. The van der Waals surface area contributed by atoms with Crippen molar-refractivity contribution in [2.45, 2.75) is 64.6 Å². The van der Waals surface area contributed by atoms with Gasteiger partial charge in [-0.05, 0) is 51.3 Å². The Kier molecular flexibility index (Phi) is 14.5. The molecule has 6 N–H and O–H groups in total. The summed E-state index contributed by atoms with van der Waals surface area (Å²) in [7, 11) is 1.12. The molecule has 232 valence electrons. The second-order valence-corrected chi connectivity index (χ2v) is 10.2. The third-order valence-electron chi connectivity index (χ3n) is 5.33. The Morgan fingerprint density at radius 3 is 2.07 bits per heavy atom. The molecule has 0 spiro atoms. The Hall–Kier alpha value is -4.69. The number of hydrogen-bond donors (Lipinski definition) is 6. The number of ether oxygens (including phenoxy) is 2. The van der Waals surface area contributed by atoms with E-state index in [0.29, 0.717) is 6.42 Å². The number of hydrogen-bond acceptors (Lipinski definition) is 10. The Morgan fingerprint density at radius 2 is 1.50 bits per heavy atom. The van der Waals surface area contributed by atoms with Crippen molar-refractivity contribution in [2.75, 3.05) is 26.7 Å². The van der Waals surface area contributed by atoms with Crippen molar-refractivity contribution < 1.29 is 48.1 Å². The van der Waals surface area contributed by atoms with E-state index in [2.05, 4.69) is 31.3 Å². The minimum atomic E-state index is -1.34. The average Bonchev–Trinajstić information content (AvgIpc) is 2.90. The van der Waals surface area contributed by atoms with Gasteiger partial charge in [0, 0.05) is 13.5 Å². The molecule has 0 aliphatic rings. The predicted molar refractivity (Wildman–Crippen MR) is 148 cm³/mol. The van der Waals surface area contributed by atoms with Crippen LogP contribution in [0.25, 0.3) is 0 Å². The maximum absolute atomic E-state index is 13.2. The lowest BCUT2D eigenvalue weighted by molar-refractivity contribution is -0.143. The van der Waals surface area contributed by atoms with Crippen molar-refractivity contribution in [3.63, 3.8) is 0 Å². The monoisotopic (exact) mass is 593 g/mol. The summed E-state index contributed by atoms with van der Waals surface area (Å²) in [6.45, 7) is 4.79. The van der Waals surface area contributed by atoms with Gasteiger partial charge in [-0.3, -0.25) is 28.8 Å². The summed E-state index contributed by atoms with van der Waals surface area (Å²) in [6.07, 6.45) is -0.994. The fraction of sp³-hybridized carbons (Fsp3) is 0.519. The molecule has 0 heterocycles. The second-order valence-electron chi connectivity index (χ2n) is 10.2. The summed E-state index contributed by atoms with van der Waals surface area (Å²) in [5.41, 5.74) is -0.0828. The van der Waals surface area contributed by atoms with Gasteiger partial charge in [0.05, 0.1) is 20.2 Å². The number of Topliss-reactive ketones (excluding diaryl/α,β-unsaturated/α-hetero) is 1. The van der Waals surface area contributed by atoms with E-state index in [1.807, 2.05) is 0 Å². The number of ketones is 1. The lowest BCUT2D eigenvalue weighted by Gasteiger charge is -2.25. The normalized spacial score (nSPS) is 12.1. The summed E-state index contributed by atoms with van der Waals surface area (Å²) < 4.78 is 9.63. The van der Waals surface area contributed by atoms with Crippen LogP contribution in [0.5, 0.6) is 5.75 Å². The van der Waals surface area contributed by atoms with Crippen molar-refractivity contribution in [1.29, 1.82) is 0 Å². The first kappa shape index (κ1) is 35.3. The Labute approximate surface area is 243 Å². The Morgan fingerprint density at radius 1 is 0.857 bits per heavy atom. The molecule has 2 unspecified atom stereocenters. The van der Waals surface area contributed by atoms with Gasteiger partial charge in [0.25, 0.3) is 0 Å². The van der Waals surface area contributed by atoms with Crippen LogP contribution in [0.4, 0.5) is 4.79 Å². The van der Waals surface area contributed by atoms with Gasteiger partial charge < -0.3 is 41.2 Å². The maximum Gasteiger partial charge on any atom is 0.408 e. The molecule has 1 aromatic rings. The Balaban J connectivity index is 2.91. The third-order valence-corrected chi connectivity index (χ3v) is 5.33. The highest BCUT2D eigenvalue weighted by atomic mass is 16.6. The highest BCUT2D eigenvalue weighted by Crippen LogP contribution is 2.13. The molecule has 0 radical (unpaired) electrons. The molecule has 15 heteroatoms. The van der Waals surface area contributed by atoms with Crippen LogP contribution in [-0.4, -0.2) is 91.0 Å². The maximum atomic E-state index is 13.2. The molecular weight excluding hydrogens is 554 g/mol. The number of carbonyl (C=O) groups is 7. The van der Waals surface area contributed by atoms with E-state index >= 15 is 0 Å². The van der Waals surface area contributed by atoms with Crippen molar-refractivity contribution in [3.8, 4) is 5.75 Å². The molecule has 0 aliphatic carbocycles. The first-order valence-electron chi connectivity index (χ1n) is 13.0. The molecule has 0 aromatic heterocycles. The summed E-state index contributed by atoms with van der Waals surface area (Å²) in [5, 5.41) is 21.4. The third kappa shape index (κ3) is 15.2. The van der Waals surface area contributed by atoms with E-state index < -0.39 is 78.7 Å². The summed E-state index contributed by atoms with van der Waals surface area (Å²) in [6, 6.07) is 3.75. The smallest absolute Gasteiger partial charge is 0.408 e. The highest BCUT2D eigenvalue weighted by Gasteiger charge is 2.29. The van der Waals surface area contributed by atoms with Crippen molar-refractivity contribution in [1.82, 2.24) is 26.6 Å². The van der Waals surface area contributed by atoms with E-state index in [9.17, 15) is 38.7 Å². The second kappa shape index (κ2) is 17.2. The number of phenolic OH excluding ortho intramolecular Hbond substituents is 1. The Bertz CT molecular complexity index is 1130. The van der Waals surface area contributed by atoms with Gasteiger partial charge in [0.1, 0.15) is 29.9 Å². The van der Waals surface area contributed by atoms with E-state index in [-0.39, 0.29) is 18.7 Å². The van der Waals surface area contributed by atoms with Gasteiger partial charge in [0.15, 0.2) is 5.78 Å². The zero-order chi connectivity index (χ0) is 31.9. The van der Waals surface area contributed by atoms with Crippen molar-refractivity contribution >= 4 is 41.5 Å². The summed E-state index contributed by atoms with van der Waals surface area (Å²) in [4.78, 5) is 84.9. The van der Waals surface area contributed by atoms with E-state index in [1.165, 1.54) is 19.1 Å². The minimum Gasteiger partial charge on any atom is -0.508 e. The van der Waals surface area contributed by atoms with Gasteiger partial charge in [-0.15, -0.1) is 0 Å². The number of amides is 5. The number of methoxy groups -OCH3 is 1. The van der Waals surface area contributed by atoms with E-state index in [1.54, 1.807) is 32.9 Å². The number of alkyl carbamates (subject to hydrolysis) is 1. The highest BCUT2D eigenvalue weighted by molar-refractivity contribution is 5.98. The molecule has 5 amide bonds. The van der Waals surface area contributed by atoms with Crippen molar-refractivity contribution in [3.05, 3.63) is 29.8 Å². The average molecular weight is 594 g/mol. The zero-order valence-electron chi connectivity index (χ0n) is 24.3. The molecule has 0 aliphatic heterocycles. The van der Waals surface area contributed by atoms with Crippen LogP contribution >= 0.6 is 0 Å². The fourth-order valence-corrected chi connectivity index (χ4v) is 3.27. The van der Waals surface area contributed by atoms with Gasteiger partial charge in [-0.1, -0.05) is 12.1 Å². The first-order valence-corrected chi connectivity index (χ1v) is 13.0. The van der Waals surface area contributed by atoms with Gasteiger partial charge in [-0.2, -0.15) is 0 Å². The molecule has 2 atom stereocenters. The number of benzene rings is 1. The molecule has 0 saturated heterocycles. The van der Waals surface area contributed by atoms with Crippen LogP contribution < -0.4 is 26.6 Å². The van der Waals surface area contributed by atoms with Gasteiger partial charge in [0.2, 0.25) is 23.6 Å². The first-order chi connectivity index (χ1) is 19.6.